The Morgan fingerprint density at radius 3 is 2.90 bits per heavy atom. The summed E-state index contributed by atoms with van der Waals surface area (Å²) in [6, 6.07) is 3.06. The van der Waals surface area contributed by atoms with E-state index in [1.165, 1.54) is 36.8 Å². The van der Waals surface area contributed by atoms with Crippen molar-refractivity contribution < 1.29 is 0 Å². The van der Waals surface area contributed by atoms with Crippen molar-refractivity contribution in [1.29, 1.82) is 0 Å². The highest BCUT2D eigenvalue weighted by atomic mass is 15.3. The molecule has 1 aliphatic rings. The third-order valence-corrected chi connectivity index (χ3v) is 4.45. The Kier molecular flexibility index (Phi) is 4.15. The summed E-state index contributed by atoms with van der Waals surface area (Å²) in [4.78, 5) is 0. The zero-order chi connectivity index (χ0) is 14.8. The maximum atomic E-state index is 4.65. The Morgan fingerprint density at radius 1 is 1.33 bits per heavy atom. The average Bonchev–Trinajstić information content (AvgIpc) is 3.03. The molecule has 0 fully saturated rings. The smallest absolute Gasteiger partial charge is 0.0821 e. The molecule has 0 bridgehead atoms. The first kappa shape index (κ1) is 14.4. The van der Waals surface area contributed by atoms with E-state index in [0.717, 1.165) is 12.2 Å². The van der Waals surface area contributed by atoms with Gasteiger partial charge in [0.1, 0.15) is 0 Å². The number of fused-ring (bicyclic) bond motifs is 1. The highest BCUT2D eigenvalue weighted by molar-refractivity contribution is 5.29. The minimum Gasteiger partial charge on any atom is -0.348 e. The molecule has 0 aliphatic heterocycles. The van der Waals surface area contributed by atoms with E-state index >= 15 is 0 Å². The molecule has 2 aromatic rings. The molecular weight excluding hydrogens is 260 g/mol. The van der Waals surface area contributed by atoms with Crippen LogP contribution in [0.15, 0.2) is 24.7 Å². The van der Waals surface area contributed by atoms with Crippen LogP contribution in [-0.4, -0.2) is 21.4 Å². The van der Waals surface area contributed by atoms with Crippen molar-refractivity contribution in [2.24, 2.45) is 0 Å². The fourth-order valence-electron chi connectivity index (χ4n) is 3.24. The summed E-state index contributed by atoms with van der Waals surface area (Å²) in [7, 11) is 2.07. The molecule has 3 rings (SSSR count). The Hall–Kier alpha value is -1.55. The molecule has 0 aromatic carbocycles. The fraction of sp³-hybridized carbons (Fsp3) is 0.588. The van der Waals surface area contributed by atoms with Crippen LogP contribution in [0.4, 0.5) is 0 Å². The molecule has 1 unspecified atom stereocenters. The molecule has 2 heterocycles. The topological polar surface area (TPSA) is 34.8 Å². The molecule has 1 aliphatic carbocycles. The minimum absolute atomic E-state index is 0.425. The zero-order valence-corrected chi connectivity index (χ0v) is 13.3. The van der Waals surface area contributed by atoms with Gasteiger partial charge in [-0.1, -0.05) is 6.42 Å². The molecule has 114 valence electrons. The normalized spacial score (nSPS) is 18.8. The van der Waals surface area contributed by atoms with E-state index < -0.39 is 0 Å². The molecule has 4 heteroatoms. The van der Waals surface area contributed by atoms with E-state index in [1.807, 2.05) is 4.68 Å². The van der Waals surface area contributed by atoms with Crippen LogP contribution in [-0.2, 0) is 13.0 Å². The summed E-state index contributed by atoms with van der Waals surface area (Å²) in [5.41, 5.74) is 4.13. The third-order valence-electron chi connectivity index (χ3n) is 4.45. The third kappa shape index (κ3) is 3.05. The number of aryl methyl sites for hydroxylation is 1. The highest BCUT2D eigenvalue weighted by Gasteiger charge is 2.19. The fourth-order valence-corrected chi connectivity index (χ4v) is 3.24. The van der Waals surface area contributed by atoms with E-state index in [9.17, 15) is 0 Å². The number of hydrogen-bond donors (Lipinski definition) is 1. The van der Waals surface area contributed by atoms with Crippen LogP contribution in [0, 0.1) is 0 Å². The first-order valence-corrected chi connectivity index (χ1v) is 8.07. The van der Waals surface area contributed by atoms with E-state index in [2.05, 4.69) is 60.5 Å². The van der Waals surface area contributed by atoms with Gasteiger partial charge >= 0.3 is 0 Å². The van der Waals surface area contributed by atoms with Gasteiger partial charge in [-0.15, -0.1) is 0 Å². The van der Waals surface area contributed by atoms with E-state index in [0.29, 0.717) is 12.1 Å². The predicted octanol–water partition coefficient (Wildman–Crippen LogP) is 3.30. The molecule has 0 saturated carbocycles. The van der Waals surface area contributed by atoms with E-state index in [1.54, 1.807) is 0 Å². The molecule has 2 aromatic heterocycles. The molecular formula is C17H26N4. The van der Waals surface area contributed by atoms with Crippen molar-refractivity contribution in [1.82, 2.24) is 19.7 Å². The van der Waals surface area contributed by atoms with Gasteiger partial charge in [-0.2, -0.15) is 5.10 Å². The summed E-state index contributed by atoms with van der Waals surface area (Å²) < 4.78 is 4.33. The van der Waals surface area contributed by atoms with Gasteiger partial charge in [-0.25, -0.2) is 0 Å². The Bertz CT molecular complexity index is 594. The number of hydrogen-bond acceptors (Lipinski definition) is 2. The minimum atomic E-state index is 0.425. The number of nitrogens with one attached hydrogen (secondary N) is 1. The lowest BCUT2D eigenvalue weighted by atomic mass is 10.1. The van der Waals surface area contributed by atoms with Gasteiger partial charge < -0.3 is 9.88 Å². The Labute approximate surface area is 127 Å². The van der Waals surface area contributed by atoms with Crippen molar-refractivity contribution >= 4 is 0 Å². The van der Waals surface area contributed by atoms with Crippen LogP contribution >= 0.6 is 0 Å². The Morgan fingerprint density at radius 2 is 2.19 bits per heavy atom. The maximum absolute atomic E-state index is 4.65. The van der Waals surface area contributed by atoms with Gasteiger partial charge in [-0.05, 0) is 57.4 Å². The van der Waals surface area contributed by atoms with Crippen molar-refractivity contribution in [2.45, 2.75) is 58.2 Å². The number of aromatic nitrogens is 3. The van der Waals surface area contributed by atoms with Crippen LogP contribution in [0.5, 0.6) is 0 Å². The van der Waals surface area contributed by atoms with Crippen LogP contribution < -0.4 is 5.32 Å². The van der Waals surface area contributed by atoms with Gasteiger partial charge in [0.05, 0.1) is 12.2 Å². The molecule has 0 saturated heterocycles. The second kappa shape index (κ2) is 6.06. The second-order valence-electron chi connectivity index (χ2n) is 6.38. The SMILES string of the molecule is CNC1CCCCc2cn(Cc3ccn(C(C)C)n3)cc21. The molecule has 0 amide bonds. The van der Waals surface area contributed by atoms with Crippen molar-refractivity contribution in [3.8, 4) is 0 Å². The lowest BCUT2D eigenvalue weighted by Gasteiger charge is -2.13. The molecule has 1 atom stereocenters. The van der Waals surface area contributed by atoms with Crippen molar-refractivity contribution in [3.63, 3.8) is 0 Å². The highest BCUT2D eigenvalue weighted by Crippen LogP contribution is 2.29. The standard InChI is InChI=1S/C17H26N4/c1-13(2)21-9-8-15(19-21)11-20-10-14-6-4-5-7-17(18-3)16(14)12-20/h8-10,12-13,17-18H,4-7,11H2,1-3H3. The van der Waals surface area contributed by atoms with E-state index in [-0.39, 0.29) is 0 Å². The zero-order valence-electron chi connectivity index (χ0n) is 13.3. The summed E-state index contributed by atoms with van der Waals surface area (Å²) in [6.45, 7) is 5.18. The summed E-state index contributed by atoms with van der Waals surface area (Å²) in [6.07, 6.45) is 11.8. The average molecular weight is 286 g/mol. The molecule has 1 N–H and O–H groups in total. The lowest BCUT2D eigenvalue weighted by molar-refractivity contribution is 0.522. The van der Waals surface area contributed by atoms with Crippen LogP contribution in [0.3, 0.4) is 0 Å². The van der Waals surface area contributed by atoms with Crippen LogP contribution in [0.2, 0.25) is 0 Å². The quantitative estimate of drug-likeness (QED) is 0.875. The maximum Gasteiger partial charge on any atom is 0.0821 e. The largest absolute Gasteiger partial charge is 0.348 e. The Balaban J connectivity index is 1.80. The first-order valence-electron chi connectivity index (χ1n) is 8.07. The summed E-state index contributed by atoms with van der Waals surface area (Å²) in [5.74, 6) is 0. The summed E-state index contributed by atoms with van der Waals surface area (Å²) >= 11 is 0. The lowest BCUT2D eigenvalue weighted by Crippen LogP contribution is -2.15. The van der Waals surface area contributed by atoms with E-state index in [4.69, 9.17) is 0 Å². The van der Waals surface area contributed by atoms with Gasteiger partial charge in [0.2, 0.25) is 0 Å². The van der Waals surface area contributed by atoms with Gasteiger partial charge in [0.15, 0.2) is 0 Å². The molecule has 0 radical (unpaired) electrons. The first-order chi connectivity index (χ1) is 10.2. The molecule has 0 spiro atoms. The second-order valence-corrected chi connectivity index (χ2v) is 6.38. The van der Waals surface area contributed by atoms with Crippen molar-refractivity contribution in [3.05, 3.63) is 41.5 Å². The predicted molar refractivity (Wildman–Crippen MR) is 85.5 cm³/mol. The monoisotopic (exact) mass is 286 g/mol. The van der Waals surface area contributed by atoms with Gasteiger partial charge in [-0.3, -0.25) is 4.68 Å². The summed E-state index contributed by atoms with van der Waals surface area (Å²) in [5, 5.41) is 8.11. The van der Waals surface area contributed by atoms with Crippen molar-refractivity contribution in [2.75, 3.05) is 7.05 Å². The van der Waals surface area contributed by atoms with Gasteiger partial charge in [0, 0.05) is 30.7 Å². The number of nitrogens with zero attached hydrogens (tertiary/aromatic N) is 3. The molecule has 4 nitrogen and oxygen atoms in total. The van der Waals surface area contributed by atoms with Crippen LogP contribution in [0.1, 0.15) is 62.0 Å². The molecule has 21 heavy (non-hydrogen) atoms. The van der Waals surface area contributed by atoms with Crippen LogP contribution in [0.25, 0.3) is 0 Å². The van der Waals surface area contributed by atoms with Gasteiger partial charge in [0.25, 0.3) is 0 Å². The number of rotatable bonds is 4.